The highest BCUT2D eigenvalue weighted by molar-refractivity contribution is 9.10. The summed E-state index contributed by atoms with van der Waals surface area (Å²) in [4.78, 5) is 0. The Morgan fingerprint density at radius 1 is 1.24 bits per heavy atom. The third kappa shape index (κ3) is 2.35. The van der Waals surface area contributed by atoms with Crippen molar-refractivity contribution in [3.05, 3.63) is 33.9 Å². The zero-order chi connectivity index (χ0) is 12.4. The smallest absolute Gasteiger partial charge is 0.161 e. The van der Waals surface area contributed by atoms with E-state index in [0.717, 1.165) is 16.9 Å². The van der Waals surface area contributed by atoms with Crippen molar-refractivity contribution in [1.29, 1.82) is 0 Å². The van der Waals surface area contributed by atoms with Gasteiger partial charge in [0, 0.05) is 5.56 Å². The lowest BCUT2D eigenvalue weighted by atomic mass is 10.1. The van der Waals surface area contributed by atoms with E-state index in [-0.39, 0.29) is 0 Å². The topological polar surface area (TPSA) is 61.0 Å². The molecule has 4 nitrogen and oxygen atoms in total. The van der Waals surface area contributed by atoms with Crippen molar-refractivity contribution >= 4 is 33.3 Å². The first-order chi connectivity index (χ1) is 8.13. The van der Waals surface area contributed by atoms with Gasteiger partial charge in [-0.15, -0.1) is 10.2 Å². The van der Waals surface area contributed by atoms with Crippen LogP contribution < -0.4 is 10.5 Å². The van der Waals surface area contributed by atoms with Crippen molar-refractivity contribution in [3.63, 3.8) is 0 Å². The van der Waals surface area contributed by atoms with Crippen LogP contribution in [0.15, 0.2) is 28.7 Å². The minimum atomic E-state index is 0.302. The van der Waals surface area contributed by atoms with Gasteiger partial charge in [-0.3, -0.25) is 0 Å². The number of anilines is 1. The standard InChI is InChI=1S/C11H9BrClN3O/c1-17-7-4-2-6(3-5-7)8-9(12)11(14)16-15-10(8)13/h2-5H,1H3,(H2,14,16). The van der Waals surface area contributed by atoms with Crippen LogP contribution in [0.25, 0.3) is 11.1 Å². The molecule has 2 rings (SSSR count). The first-order valence-corrected chi connectivity index (χ1v) is 5.92. The fraction of sp³-hybridized carbons (Fsp3) is 0.0909. The number of nitrogens with zero attached hydrogens (tertiary/aromatic N) is 2. The molecular weight excluding hydrogens is 305 g/mol. The van der Waals surface area contributed by atoms with Crippen molar-refractivity contribution in [1.82, 2.24) is 10.2 Å². The van der Waals surface area contributed by atoms with Crippen LogP contribution in [-0.2, 0) is 0 Å². The van der Waals surface area contributed by atoms with Gasteiger partial charge in [-0.25, -0.2) is 0 Å². The Bertz CT molecular complexity index is 545. The predicted molar refractivity (Wildman–Crippen MR) is 71.1 cm³/mol. The first-order valence-electron chi connectivity index (χ1n) is 4.75. The summed E-state index contributed by atoms with van der Waals surface area (Å²) in [5.74, 6) is 1.08. The van der Waals surface area contributed by atoms with E-state index < -0.39 is 0 Å². The van der Waals surface area contributed by atoms with Gasteiger partial charge in [0.15, 0.2) is 11.0 Å². The lowest BCUT2D eigenvalue weighted by molar-refractivity contribution is 0.415. The number of methoxy groups -OCH3 is 1. The fourth-order valence-electron chi connectivity index (χ4n) is 1.41. The Labute approximate surface area is 112 Å². The summed E-state index contributed by atoms with van der Waals surface area (Å²) in [5.41, 5.74) is 7.30. The molecular formula is C11H9BrClN3O. The minimum absolute atomic E-state index is 0.302. The van der Waals surface area contributed by atoms with Gasteiger partial charge in [0.1, 0.15) is 5.75 Å². The lowest BCUT2D eigenvalue weighted by Crippen LogP contribution is -1.97. The first kappa shape index (κ1) is 12.1. The highest BCUT2D eigenvalue weighted by Crippen LogP contribution is 2.36. The van der Waals surface area contributed by atoms with Crippen molar-refractivity contribution in [2.75, 3.05) is 12.8 Å². The van der Waals surface area contributed by atoms with E-state index in [9.17, 15) is 0 Å². The molecule has 0 saturated carbocycles. The van der Waals surface area contributed by atoms with Gasteiger partial charge in [0.05, 0.1) is 11.6 Å². The van der Waals surface area contributed by atoms with E-state index in [1.807, 2.05) is 24.3 Å². The predicted octanol–water partition coefficient (Wildman–Crippen LogP) is 3.15. The van der Waals surface area contributed by atoms with Crippen LogP contribution in [0, 0.1) is 0 Å². The molecule has 0 fully saturated rings. The highest BCUT2D eigenvalue weighted by Gasteiger charge is 2.13. The van der Waals surface area contributed by atoms with Crippen LogP contribution in [-0.4, -0.2) is 17.3 Å². The molecule has 6 heteroatoms. The summed E-state index contributed by atoms with van der Waals surface area (Å²) in [6.07, 6.45) is 0. The maximum absolute atomic E-state index is 6.02. The Hall–Kier alpha value is -1.33. The maximum Gasteiger partial charge on any atom is 0.161 e. The summed E-state index contributed by atoms with van der Waals surface area (Å²) < 4.78 is 5.73. The fourth-order valence-corrected chi connectivity index (χ4v) is 2.27. The second-order valence-electron chi connectivity index (χ2n) is 3.29. The summed E-state index contributed by atoms with van der Waals surface area (Å²) in [7, 11) is 1.61. The van der Waals surface area contributed by atoms with Crippen LogP contribution in [0.1, 0.15) is 0 Å². The largest absolute Gasteiger partial charge is 0.497 e. The molecule has 88 valence electrons. The Balaban J connectivity index is 2.55. The average molecular weight is 315 g/mol. The molecule has 0 saturated heterocycles. The SMILES string of the molecule is COc1ccc(-c2c(Cl)nnc(N)c2Br)cc1. The number of nitrogen functional groups attached to an aromatic ring is 1. The number of ether oxygens (including phenoxy) is 1. The summed E-state index contributed by atoms with van der Waals surface area (Å²) in [6, 6.07) is 7.45. The molecule has 0 unspecified atom stereocenters. The number of nitrogens with two attached hydrogens (primary N) is 1. The quantitative estimate of drug-likeness (QED) is 0.925. The van der Waals surface area contributed by atoms with E-state index in [0.29, 0.717) is 15.4 Å². The maximum atomic E-state index is 6.02. The van der Waals surface area contributed by atoms with E-state index >= 15 is 0 Å². The molecule has 0 amide bonds. The molecule has 17 heavy (non-hydrogen) atoms. The number of halogens is 2. The summed E-state index contributed by atoms with van der Waals surface area (Å²) >= 11 is 9.38. The minimum Gasteiger partial charge on any atom is -0.497 e. The van der Waals surface area contributed by atoms with Crippen LogP contribution in [0.2, 0.25) is 5.15 Å². The van der Waals surface area contributed by atoms with Crippen LogP contribution in [0.3, 0.4) is 0 Å². The third-order valence-electron chi connectivity index (χ3n) is 2.27. The van der Waals surface area contributed by atoms with Gasteiger partial charge in [0.25, 0.3) is 0 Å². The second kappa shape index (κ2) is 4.89. The van der Waals surface area contributed by atoms with Crippen molar-refractivity contribution < 1.29 is 4.74 Å². The molecule has 0 aliphatic heterocycles. The normalized spacial score (nSPS) is 10.3. The second-order valence-corrected chi connectivity index (χ2v) is 4.44. The van der Waals surface area contributed by atoms with Crippen LogP contribution in [0.4, 0.5) is 5.82 Å². The van der Waals surface area contributed by atoms with E-state index in [4.69, 9.17) is 22.1 Å². The van der Waals surface area contributed by atoms with E-state index in [1.165, 1.54) is 0 Å². The molecule has 0 bridgehead atoms. The molecule has 0 spiro atoms. The number of hydrogen-bond acceptors (Lipinski definition) is 4. The van der Waals surface area contributed by atoms with Gasteiger partial charge in [-0.05, 0) is 33.6 Å². The molecule has 1 heterocycles. The monoisotopic (exact) mass is 313 g/mol. The van der Waals surface area contributed by atoms with Crippen molar-refractivity contribution in [3.8, 4) is 16.9 Å². The van der Waals surface area contributed by atoms with Crippen molar-refractivity contribution in [2.45, 2.75) is 0 Å². The van der Waals surface area contributed by atoms with E-state index in [1.54, 1.807) is 7.11 Å². The molecule has 0 aliphatic carbocycles. The Morgan fingerprint density at radius 3 is 2.47 bits per heavy atom. The van der Waals surface area contributed by atoms with Gasteiger partial charge in [0.2, 0.25) is 0 Å². The summed E-state index contributed by atoms with van der Waals surface area (Å²) in [6.45, 7) is 0. The zero-order valence-electron chi connectivity index (χ0n) is 8.95. The van der Waals surface area contributed by atoms with Gasteiger partial charge in [-0.2, -0.15) is 0 Å². The van der Waals surface area contributed by atoms with Gasteiger partial charge < -0.3 is 10.5 Å². The third-order valence-corrected chi connectivity index (χ3v) is 3.34. The Morgan fingerprint density at radius 2 is 1.88 bits per heavy atom. The average Bonchev–Trinajstić information content (AvgIpc) is 2.35. The Kier molecular flexibility index (Phi) is 3.49. The zero-order valence-corrected chi connectivity index (χ0v) is 11.3. The van der Waals surface area contributed by atoms with E-state index in [2.05, 4.69) is 26.1 Å². The summed E-state index contributed by atoms with van der Waals surface area (Å²) in [5, 5.41) is 7.81. The number of hydrogen-bond donors (Lipinski definition) is 1. The van der Waals surface area contributed by atoms with Crippen LogP contribution in [0.5, 0.6) is 5.75 Å². The van der Waals surface area contributed by atoms with Gasteiger partial charge >= 0.3 is 0 Å². The lowest BCUT2D eigenvalue weighted by Gasteiger charge is -2.08. The van der Waals surface area contributed by atoms with Crippen LogP contribution >= 0.6 is 27.5 Å². The molecule has 1 aromatic carbocycles. The van der Waals surface area contributed by atoms with Crippen molar-refractivity contribution in [2.24, 2.45) is 0 Å². The number of aromatic nitrogens is 2. The van der Waals surface area contributed by atoms with Gasteiger partial charge in [-0.1, -0.05) is 23.7 Å². The molecule has 2 aromatic rings. The number of benzene rings is 1. The molecule has 0 aliphatic rings. The molecule has 0 atom stereocenters. The number of rotatable bonds is 2. The molecule has 1 aromatic heterocycles. The highest BCUT2D eigenvalue weighted by atomic mass is 79.9. The molecule has 2 N–H and O–H groups in total. The molecule has 0 radical (unpaired) electrons.